The summed E-state index contributed by atoms with van der Waals surface area (Å²) >= 11 is 7.42. The highest BCUT2D eigenvalue weighted by atomic mass is 35.5. The van der Waals surface area contributed by atoms with Crippen molar-refractivity contribution in [1.82, 2.24) is 5.32 Å². The Kier molecular flexibility index (Phi) is 4.58. The molecule has 1 heterocycles. The fourth-order valence-electron chi connectivity index (χ4n) is 1.74. The first kappa shape index (κ1) is 14.1. The van der Waals surface area contributed by atoms with Crippen LogP contribution in [-0.2, 0) is 0 Å². The van der Waals surface area contributed by atoms with Crippen molar-refractivity contribution in [2.24, 2.45) is 0 Å². The van der Waals surface area contributed by atoms with E-state index in [1.165, 1.54) is 11.3 Å². The van der Waals surface area contributed by atoms with Gasteiger partial charge < -0.3 is 10.4 Å². The number of aliphatic hydroxyl groups is 1. The lowest BCUT2D eigenvalue weighted by molar-refractivity contribution is 0.0916. The highest BCUT2D eigenvalue weighted by Gasteiger charge is 2.11. The fourth-order valence-corrected chi connectivity index (χ4v) is 2.74. The first-order valence-electron chi connectivity index (χ1n) is 5.82. The predicted molar refractivity (Wildman–Crippen MR) is 77.8 cm³/mol. The van der Waals surface area contributed by atoms with Gasteiger partial charge in [0.25, 0.3) is 5.91 Å². The zero-order chi connectivity index (χ0) is 13.8. The number of hydrogen-bond donors (Lipinski definition) is 2. The third kappa shape index (κ3) is 3.80. The SMILES string of the molecule is Cc1cc(Cl)cc(C(=O)NCC(O)c2ccsc2)c1. The molecule has 1 atom stereocenters. The molecule has 2 aromatic rings. The van der Waals surface area contributed by atoms with E-state index < -0.39 is 6.10 Å². The Morgan fingerprint density at radius 1 is 1.47 bits per heavy atom. The first-order chi connectivity index (χ1) is 9.06. The molecule has 0 saturated heterocycles. The van der Waals surface area contributed by atoms with Crippen LogP contribution in [0.15, 0.2) is 35.0 Å². The van der Waals surface area contributed by atoms with Gasteiger partial charge in [0, 0.05) is 17.1 Å². The molecule has 0 bridgehead atoms. The summed E-state index contributed by atoms with van der Waals surface area (Å²) in [7, 11) is 0. The Hall–Kier alpha value is -1.36. The number of aliphatic hydroxyl groups excluding tert-OH is 1. The number of thiophene rings is 1. The molecule has 0 aliphatic heterocycles. The highest BCUT2D eigenvalue weighted by Crippen LogP contribution is 2.16. The normalized spacial score (nSPS) is 12.2. The smallest absolute Gasteiger partial charge is 0.251 e. The second-order valence-electron chi connectivity index (χ2n) is 4.30. The minimum Gasteiger partial charge on any atom is -0.387 e. The lowest BCUT2D eigenvalue weighted by Crippen LogP contribution is -2.28. The van der Waals surface area contributed by atoms with Gasteiger partial charge in [-0.3, -0.25) is 4.79 Å². The molecule has 0 spiro atoms. The Labute approximate surface area is 120 Å². The summed E-state index contributed by atoms with van der Waals surface area (Å²) in [4.78, 5) is 11.9. The van der Waals surface area contributed by atoms with Crippen molar-refractivity contribution in [2.75, 3.05) is 6.54 Å². The van der Waals surface area contributed by atoms with Gasteiger partial charge in [0.15, 0.2) is 0 Å². The largest absolute Gasteiger partial charge is 0.387 e. The zero-order valence-corrected chi connectivity index (χ0v) is 12.0. The summed E-state index contributed by atoms with van der Waals surface area (Å²) in [5.41, 5.74) is 2.24. The summed E-state index contributed by atoms with van der Waals surface area (Å²) < 4.78 is 0. The molecule has 0 radical (unpaired) electrons. The molecule has 3 nitrogen and oxygen atoms in total. The average molecular weight is 296 g/mol. The van der Waals surface area contributed by atoms with Gasteiger partial charge in [0.1, 0.15) is 0 Å². The van der Waals surface area contributed by atoms with E-state index in [-0.39, 0.29) is 12.5 Å². The van der Waals surface area contributed by atoms with Crippen LogP contribution >= 0.6 is 22.9 Å². The third-order valence-electron chi connectivity index (χ3n) is 2.69. The molecule has 19 heavy (non-hydrogen) atoms. The van der Waals surface area contributed by atoms with Gasteiger partial charge in [-0.05, 0) is 53.1 Å². The summed E-state index contributed by atoms with van der Waals surface area (Å²) in [6, 6.07) is 7.00. The topological polar surface area (TPSA) is 49.3 Å². The van der Waals surface area contributed by atoms with Crippen molar-refractivity contribution in [3.05, 3.63) is 56.7 Å². The minimum absolute atomic E-state index is 0.182. The van der Waals surface area contributed by atoms with E-state index in [2.05, 4.69) is 5.32 Å². The molecule has 0 aliphatic rings. The number of amides is 1. The number of carbonyl (C=O) groups excluding carboxylic acids is 1. The van der Waals surface area contributed by atoms with Crippen molar-refractivity contribution in [3.8, 4) is 0 Å². The van der Waals surface area contributed by atoms with Crippen LogP contribution < -0.4 is 5.32 Å². The Bertz CT molecular complexity index is 549. The van der Waals surface area contributed by atoms with Crippen LogP contribution in [0.5, 0.6) is 0 Å². The Morgan fingerprint density at radius 2 is 2.26 bits per heavy atom. The van der Waals surface area contributed by atoms with E-state index in [1.54, 1.807) is 18.2 Å². The maximum atomic E-state index is 11.9. The molecule has 2 rings (SSSR count). The maximum Gasteiger partial charge on any atom is 0.251 e. The minimum atomic E-state index is -0.685. The van der Waals surface area contributed by atoms with Crippen LogP contribution in [0.2, 0.25) is 5.02 Å². The average Bonchev–Trinajstić information content (AvgIpc) is 2.88. The molecule has 100 valence electrons. The summed E-state index contributed by atoms with van der Waals surface area (Å²) in [5.74, 6) is -0.236. The molecular weight excluding hydrogens is 282 g/mol. The molecule has 2 N–H and O–H groups in total. The molecule has 0 aliphatic carbocycles. The maximum absolute atomic E-state index is 11.9. The number of aryl methyl sites for hydroxylation is 1. The van der Waals surface area contributed by atoms with E-state index in [0.717, 1.165) is 11.1 Å². The van der Waals surface area contributed by atoms with Gasteiger partial charge in [0.2, 0.25) is 0 Å². The third-order valence-corrected chi connectivity index (χ3v) is 3.61. The quantitative estimate of drug-likeness (QED) is 0.910. The standard InChI is InChI=1S/C14H14ClNO2S/c1-9-4-11(6-12(15)5-9)14(18)16-7-13(17)10-2-3-19-8-10/h2-6,8,13,17H,7H2,1H3,(H,16,18). The Morgan fingerprint density at radius 3 is 2.89 bits per heavy atom. The van der Waals surface area contributed by atoms with Gasteiger partial charge in [-0.25, -0.2) is 0 Å². The van der Waals surface area contributed by atoms with Gasteiger partial charge in [0.05, 0.1) is 6.10 Å². The first-order valence-corrected chi connectivity index (χ1v) is 7.14. The van der Waals surface area contributed by atoms with Crippen LogP contribution in [0.3, 0.4) is 0 Å². The number of halogens is 1. The molecule has 1 unspecified atom stereocenters. The van der Waals surface area contributed by atoms with Crippen molar-refractivity contribution in [1.29, 1.82) is 0 Å². The van der Waals surface area contributed by atoms with E-state index in [0.29, 0.717) is 10.6 Å². The summed E-state index contributed by atoms with van der Waals surface area (Å²) in [6.07, 6.45) is -0.685. The van der Waals surface area contributed by atoms with Gasteiger partial charge in [-0.15, -0.1) is 0 Å². The van der Waals surface area contributed by atoms with Gasteiger partial charge >= 0.3 is 0 Å². The van der Waals surface area contributed by atoms with Crippen LogP contribution in [0, 0.1) is 6.92 Å². The number of benzene rings is 1. The van der Waals surface area contributed by atoms with E-state index in [1.807, 2.05) is 23.8 Å². The van der Waals surface area contributed by atoms with Crippen molar-refractivity contribution in [2.45, 2.75) is 13.0 Å². The number of rotatable bonds is 4. The summed E-state index contributed by atoms with van der Waals surface area (Å²) in [5, 5.41) is 16.9. The van der Waals surface area contributed by atoms with Crippen molar-refractivity contribution >= 4 is 28.8 Å². The second kappa shape index (κ2) is 6.19. The van der Waals surface area contributed by atoms with Gasteiger partial charge in [-0.2, -0.15) is 11.3 Å². The molecule has 1 aromatic heterocycles. The monoisotopic (exact) mass is 295 g/mol. The lowest BCUT2D eigenvalue weighted by atomic mass is 10.1. The number of hydrogen-bond acceptors (Lipinski definition) is 3. The van der Waals surface area contributed by atoms with Crippen LogP contribution in [-0.4, -0.2) is 17.6 Å². The molecule has 1 amide bonds. The molecule has 0 saturated carbocycles. The fraction of sp³-hybridized carbons (Fsp3) is 0.214. The molecular formula is C14H14ClNO2S. The number of nitrogens with one attached hydrogen (secondary N) is 1. The number of carbonyl (C=O) groups is 1. The van der Waals surface area contributed by atoms with Crippen LogP contribution in [0.25, 0.3) is 0 Å². The van der Waals surface area contributed by atoms with E-state index in [4.69, 9.17) is 11.6 Å². The molecule has 1 aromatic carbocycles. The van der Waals surface area contributed by atoms with Gasteiger partial charge in [-0.1, -0.05) is 11.6 Å². The molecule has 0 fully saturated rings. The van der Waals surface area contributed by atoms with E-state index in [9.17, 15) is 9.90 Å². The van der Waals surface area contributed by atoms with Crippen LogP contribution in [0.4, 0.5) is 0 Å². The van der Waals surface area contributed by atoms with E-state index >= 15 is 0 Å². The Balaban J connectivity index is 1.98. The van der Waals surface area contributed by atoms with Crippen LogP contribution in [0.1, 0.15) is 27.6 Å². The predicted octanol–water partition coefficient (Wildman–Crippen LogP) is 3.17. The molecule has 5 heteroatoms. The summed E-state index contributed by atoms with van der Waals surface area (Å²) in [6.45, 7) is 2.06. The van der Waals surface area contributed by atoms with Crippen molar-refractivity contribution < 1.29 is 9.90 Å². The highest BCUT2D eigenvalue weighted by molar-refractivity contribution is 7.07. The zero-order valence-electron chi connectivity index (χ0n) is 10.4. The lowest BCUT2D eigenvalue weighted by Gasteiger charge is -2.11. The van der Waals surface area contributed by atoms with Crippen molar-refractivity contribution in [3.63, 3.8) is 0 Å². The second-order valence-corrected chi connectivity index (χ2v) is 5.52.